The van der Waals surface area contributed by atoms with Gasteiger partial charge < -0.3 is 14.6 Å². The first kappa shape index (κ1) is 12.1. The second-order valence-electron chi connectivity index (χ2n) is 4.31. The quantitative estimate of drug-likeness (QED) is 0.767. The molecule has 0 spiro atoms. The molecule has 0 radical (unpaired) electrons. The maximum Gasteiger partial charge on any atom is 0.152 e. The van der Waals surface area contributed by atoms with Crippen LogP contribution in [0.1, 0.15) is 11.3 Å². The predicted molar refractivity (Wildman–Crippen MR) is 73.5 cm³/mol. The second kappa shape index (κ2) is 4.59. The van der Waals surface area contributed by atoms with Gasteiger partial charge in [0.2, 0.25) is 0 Å². The zero-order chi connectivity index (χ0) is 14.1. The van der Waals surface area contributed by atoms with Gasteiger partial charge in [0.25, 0.3) is 0 Å². The van der Waals surface area contributed by atoms with E-state index in [1.54, 1.807) is 30.5 Å². The van der Waals surface area contributed by atoms with Crippen molar-refractivity contribution >= 4 is 5.82 Å². The van der Waals surface area contributed by atoms with Crippen molar-refractivity contribution in [2.45, 2.75) is 6.92 Å². The summed E-state index contributed by atoms with van der Waals surface area (Å²) in [6.07, 6.45) is 1.56. The van der Waals surface area contributed by atoms with Crippen molar-refractivity contribution in [1.82, 2.24) is 4.98 Å². The van der Waals surface area contributed by atoms with E-state index in [4.69, 9.17) is 14.6 Å². The van der Waals surface area contributed by atoms with Crippen LogP contribution in [0.2, 0.25) is 0 Å². The van der Waals surface area contributed by atoms with E-state index in [0.717, 1.165) is 5.76 Å². The molecule has 0 aliphatic heterocycles. The summed E-state index contributed by atoms with van der Waals surface area (Å²) in [6, 6.07) is 11.0. The minimum absolute atomic E-state index is 0.158. The number of nitrogens with zero attached hydrogens (tertiary/aromatic N) is 2. The van der Waals surface area contributed by atoms with Gasteiger partial charge in [-0.05, 0) is 37.3 Å². The summed E-state index contributed by atoms with van der Waals surface area (Å²) in [7, 11) is 0. The van der Waals surface area contributed by atoms with Crippen molar-refractivity contribution in [2.75, 3.05) is 5.73 Å². The average molecular weight is 265 g/mol. The van der Waals surface area contributed by atoms with Crippen LogP contribution in [-0.4, -0.2) is 4.98 Å². The molecule has 3 heterocycles. The first-order valence-electron chi connectivity index (χ1n) is 6.00. The van der Waals surface area contributed by atoms with Gasteiger partial charge >= 0.3 is 0 Å². The lowest BCUT2D eigenvalue weighted by atomic mass is 10.1. The van der Waals surface area contributed by atoms with Crippen LogP contribution in [0.15, 0.2) is 45.4 Å². The monoisotopic (exact) mass is 265 g/mol. The van der Waals surface area contributed by atoms with Crippen LogP contribution in [0.5, 0.6) is 0 Å². The molecule has 3 rings (SSSR count). The van der Waals surface area contributed by atoms with Gasteiger partial charge in [0, 0.05) is 5.56 Å². The summed E-state index contributed by atoms with van der Waals surface area (Å²) in [4.78, 5) is 4.20. The number of anilines is 1. The van der Waals surface area contributed by atoms with Crippen LogP contribution < -0.4 is 5.73 Å². The Morgan fingerprint density at radius 1 is 1.25 bits per heavy atom. The summed E-state index contributed by atoms with van der Waals surface area (Å²) >= 11 is 0. The number of hydrogen-bond donors (Lipinski definition) is 1. The van der Waals surface area contributed by atoms with Crippen LogP contribution >= 0.6 is 0 Å². The number of aryl methyl sites for hydroxylation is 1. The molecule has 5 heteroatoms. The molecule has 2 N–H and O–H groups in total. The fourth-order valence-corrected chi connectivity index (χ4v) is 2.01. The molecule has 0 bridgehead atoms. The predicted octanol–water partition coefficient (Wildman–Crippen LogP) is 3.36. The van der Waals surface area contributed by atoms with E-state index in [1.165, 1.54) is 0 Å². The van der Waals surface area contributed by atoms with Crippen molar-refractivity contribution in [1.29, 1.82) is 5.26 Å². The van der Waals surface area contributed by atoms with Crippen molar-refractivity contribution in [2.24, 2.45) is 0 Å². The first-order chi connectivity index (χ1) is 9.69. The van der Waals surface area contributed by atoms with Gasteiger partial charge in [0.05, 0.1) is 6.26 Å². The van der Waals surface area contributed by atoms with Gasteiger partial charge in [0.1, 0.15) is 34.7 Å². The maximum atomic E-state index is 9.25. The lowest BCUT2D eigenvalue weighted by Crippen LogP contribution is -1.99. The molecule has 3 aromatic rings. The van der Waals surface area contributed by atoms with Crippen LogP contribution in [-0.2, 0) is 0 Å². The fourth-order valence-electron chi connectivity index (χ4n) is 2.01. The van der Waals surface area contributed by atoms with E-state index in [9.17, 15) is 5.26 Å². The molecule has 0 saturated carbocycles. The van der Waals surface area contributed by atoms with Crippen molar-refractivity contribution in [3.63, 3.8) is 0 Å². The number of rotatable bonds is 2. The van der Waals surface area contributed by atoms with Gasteiger partial charge in [-0.3, -0.25) is 0 Å². The molecule has 0 aliphatic carbocycles. The van der Waals surface area contributed by atoms with Crippen molar-refractivity contribution in [3.8, 4) is 28.8 Å². The first-order valence-corrected chi connectivity index (χ1v) is 6.00. The number of nitrogens with two attached hydrogens (primary N) is 1. The molecule has 98 valence electrons. The Hall–Kier alpha value is -3.00. The van der Waals surface area contributed by atoms with E-state index < -0.39 is 0 Å². The Balaban J connectivity index is 2.24. The number of pyridine rings is 1. The molecular formula is C15H11N3O2. The molecule has 0 saturated heterocycles. The van der Waals surface area contributed by atoms with E-state index in [-0.39, 0.29) is 5.82 Å². The number of nitriles is 1. The molecular weight excluding hydrogens is 254 g/mol. The molecule has 0 amide bonds. The highest BCUT2D eigenvalue weighted by molar-refractivity contribution is 5.76. The fraction of sp³-hybridized carbons (Fsp3) is 0.0667. The van der Waals surface area contributed by atoms with Gasteiger partial charge in [-0.1, -0.05) is 0 Å². The molecule has 0 aromatic carbocycles. The molecule has 0 aliphatic rings. The largest absolute Gasteiger partial charge is 0.463 e. The summed E-state index contributed by atoms with van der Waals surface area (Å²) in [5.74, 6) is 2.09. The number of furan rings is 2. The highest BCUT2D eigenvalue weighted by Crippen LogP contribution is 2.32. The molecule has 0 unspecified atom stereocenters. The minimum Gasteiger partial charge on any atom is -0.463 e. The van der Waals surface area contributed by atoms with E-state index >= 15 is 0 Å². The van der Waals surface area contributed by atoms with Crippen LogP contribution in [0.4, 0.5) is 5.82 Å². The topological polar surface area (TPSA) is 89.0 Å². The molecule has 0 atom stereocenters. The summed E-state index contributed by atoms with van der Waals surface area (Å²) in [5, 5.41) is 9.25. The Labute approximate surface area is 115 Å². The Morgan fingerprint density at radius 3 is 2.70 bits per heavy atom. The smallest absolute Gasteiger partial charge is 0.152 e. The molecule has 0 fully saturated rings. The third-order valence-electron chi connectivity index (χ3n) is 2.94. The third kappa shape index (κ3) is 1.93. The highest BCUT2D eigenvalue weighted by atomic mass is 16.3. The maximum absolute atomic E-state index is 9.25. The van der Waals surface area contributed by atoms with E-state index in [2.05, 4.69) is 11.1 Å². The number of hydrogen-bond acceptors (Lipinski definition) is 5. The normalized spacial score (nSPS) is 10.4. The van der Waals surface area contributed by atoms with Crippen LogP contribution in [0, 0.1) is 18.3 Å². The van der Waals surface area contributed by atoms with Crippen LogP contribution in [0.25, 0.3) is 22.8 Å². The highest BCUT2D eigenvalue weighted by Gasteiger charge is 2.16. The summed E-state index contributed by atoms with van der Waals surface area (Å²) in [6.45, 7) is 1.84. The average Bonchev–Trinajstić information content (AvgIpc) is 3.08. The zero-order valence-corrected chi connectivity index (χ0v) is 10.8. The van der Waals surface area contributed by atoms with Gasteiger partial charge in [-0.25, -0.2) is 4.98 Å². The number of aromatic nitrogens is 1. The lowest BCUT2D eigenvalue weighted by Gasteiger charge is -2.06. The van der Waals surface area contributed by atoms with Gasteiger partial charge in [-0.15, -0.1) is 0 Å². The zero-order valence-electron chi connectivity index (χ0n) is 10.8. The standard InChI is InChI=1S/C15H11N3O2/c1-9-4-5-13(20-9)10-7-12(14-3-2-6-19-14)18-15(17)11(10)8-16/h2-7H,1H3,(H2,17,18). The van der Waals surface area contributed by atoms with Crippen LogP contribution in [0.3, 0.4) is 0 Å². The lowest BCUT2D eigenvalue weighted by molar-refractivity contribution is 0.548. The van der Waals surface area contributed by atoms with E-state index in [1.807, 2.05) is 13.0 Å². The van der Waals surface area contributed by atoms with Gasteiger partial charge in [0.15, 0.2) is 5.76 Å². The third-order valence-corrected chi connectivity index (χ3v) is 2.94. The SMILES string of the molecule is Cc1ccc(-c2cc(-c3ccco3)nc(N)c2C#N)o1. The molecule has 20 heavy (non-hydrogen) atoms. The van der Waals surface area contributed by atoms with E-state index in [0.29, 0.717) is 28.3 Å². The summed E-state index contributed by atoms with van der Waals surface area (Å²) in [5.41, 5.74) is 7.34. The molecule has 3 aromatic heterocycles. The summed E-state index contributed by atoms with van der Waals surface area (Å²) < 4.78 is 10.9. The second-order valence-corrected chi connectivity index (χ2v) is 4.31. The molecule has 5 nitrogen and oxygen atoms in total. The Kier molecular flexibility index (Phi) is 2.77. The van der Waals surface area contributed by atoms with Crippen molar-refractivity contribution < 1.29 is 8.83 Å². The number of nitrogen functional groups attached to an aromatic ring is 1. The Bertz CT molecular complexity index is 795. The Morgan fingerprint density at radius 2 is 2.10 bits per heavy atom. The van der Waals surface area contributed by atoms with Gasteiger partial charge in [-0.2, -0.15) is 5.26 Å². The minimum atomic E-state index is 0.158. The van der Waals surface area contributed by atoms with Crippen molar-refractivity contribution in [3.05, 3.63) is 47.9 Å².